The van der Waals surface area contributed by atoms with Crippen LogP contribution in [0.1, 0.15) is 62.2 Å². The van der Waals surface area contributed by atoms with Crippen LogP contribution in [-0.2, 0) is 10.0 Å². The van der Waals surface area contributed by atoms with Crippen molar-refractivity contribution in [2.75, 3.05) is 19.6 Å². The molecule has 154 valence electrons. The average molecular weight is 407 g/mol. The Hall–Kier alpha value is -1.60. The molecule has 7 heteroatoms. The highest BCUT2D eigenvalue weighted by molar-refractivity contribution is 7.91. The molecule has 1 amide bonds. The third kappa shape index (κ3) is 4.35. The van der Waals surface area contributed by atoms with Gasteiger partial charge < -0.3 is 9.64 Å². The van der Waals surface area contributed by atoms with Crippen LogP contribution in [0.25, 0.3) is 0 Å². The van der Waals surface area contributed by atoms with Gasteiger partial charge in [-0.05, 0) is 94.3 Å². The van der Waals surface area contributed by atoms with Gasteiger partial charge in [0, 0.05) is 5.56 Å². The Morgan fingerprint density at radius 2 is 1.82 bits per heavy atom. The number of amides is 1. The number of carbonyl (C=O) groups is 1. The fraction of sp³-hybridized carbons (Fsp3) is 0.667. The van der Waals surface area contributed by atoms with Crippen molar-refractivity contribution in [2.24, 2.45) is 5.41 Å². The lowest BCUT2D eigenvalue weighted by molar-refractivity contribution is 0.0970. The maximum atomic E-state index is 12.2. The standard InChI is InChI=1S/C21H30N2O4S/c1-2-23-13-11-21(12-14-23)10-9-18(15-21)27-17-5-3-16(4-6-17)20(24)22-28(25,26)19-7-8-19/h3-6,18-19H,2,7-15H2,1H3,(H,22,24). The predicted octanol–water partition coefficient (Wildman–Crippen LogP) is 2.94. The maximum absolute atomic E-state index is 12.2. The number of hydrogen-bond donors (Lipinski definition) is 1. The lowest BCUT2D eigenvalue weighted by Gasteiger charge is -2.39. The molecule has 1 aromatic rings. The maximum Gasteiger partial charge on any atom is 0.264 e. The molecule has 3 fully saturated rings. The molecule has 1 atom stereocenters. The highest BCUT2D eigenvalue weighted by atomic mass is 32.2. The molecule has 2 aliphatic carbocycles. The largest absolute Gasteiger partial charge is 0.490 e. The summed E-state index contributed by atoms with van der Waals surface area (Å²) in [5.74, 6) is 0.176. The Morgan fingerprint density at radius 3 is 2.43 bits per heavy atom. The quantitative estimate of drug-likeness (QED) is 0.786. The number of hydrogen-bond acceptors (Lipinski definition) is 5. The van der Waals surface area contributed by atoms with Gasteiger partial charge in [-0.25, -0.2) is 13.1 Å². The first-order valence-electron chi connectivity index (χ1n) is 10.4. The number of rotatable bonds is 6. The summed E-state index contributed by atoms with van der Waals surface area (Å²) in [5.41, 5.74) is 0.777. The molecule has 6 nitrogen and oxygen atoms in total. The van der Waals surface area contributed by atoms with E-state index in [2.05, 4.69) is 16.5 Å². The molecule has 28 heavy (non-hydrogen) atoms. The van der Waals surface area contributed by atoms with Gasteiger partial charge in [0.2, 0.25) is 10.0 Å². The van der Waals surface area contributed by atoms with Gasteiger partial charge >= 0.3 is 0 Å². The second-order valence-corrected chi connectivity index (χ2v) is 10.6. The summed E-state index contributed by atoms with van der Waals surface area (Å²) in [6.45, 7) is 5.75. The first-order chi connectivity index (χ1) is 13.4. The fourth-order valence-electron chi connectivity index (χ4n) is 4.58. The Morgan fingerprint density at radius 1 is 1.14 bits per heavy atom. The van der Waals surface area contributed by atoms with Gasteiger partial charge in [-0.1, -0.05) is 6.92 Å². The number of nitrogens with one attached hydrogen (secondary N) is 1. The first kappa shape index (κ1) is 19.7. The van der Waals surface area contributed by atoms with Crippen molar-refractivity contribution in [3.8, 4) is 5.75 Å². The van der Waals surface area contributed by atoms with Crippen LogP contribution in [-0.4, -0.2) is 50.2 Å². The minimum Gasteiger partial charge on any atom is -0.490 e. The Bertz CT molecular complexity index is 809. The van der Waals surface area contributed by atoms with Crippen molar-refractivity contribution < 1.29 is 17.9 Å². The molecule has 1 heterocycles. The van der Waals surface area contributed by atoms with Crippen molar-refractivity contribution >= 4 is 15.9 Å². The summed E-state index contributed by atoms with van der Waals surface area (Å²) in [5, 5.41) is -0.405. The molecular weight excluding hydrogens is 376 g/mol. The molecule has 0 bridgehead atoms. The lowest BCUT2D eigenvalue weighted by Crippen LogP contribution is -2.39. The molecule has 0 radical (unpaired) electrons. The van der Waals surface area contributed by atoms with Gasteiger partial charge in [-0.3, -0.25) is 4.79 Å². The van der Waals surface area contributed by atoms with Gasteiger partial charge in [0.1, 0.15) is 5.75 Å². The topological polar surface area (TPSA) is 75.7 Å². The van der Waals surface area contributed by atoms with Crippen molar-refractivity contribution in [3.05, 3.63) is 29.8 Å². The first-order valence-corrected chi connectivity index (χ1v) is 12.0. The van der Waals surface area contributed by atoms with E-state index >= 15 is 0 Å². The number of carbonyl (C=O) groups excluding carboxylic acids is 1. The summed E-state index contributed by atoms with van der Waals surface area (Å²) in [6, 6.07) is 6.81. The highest BCUT2D eigenvalue weighted by Crippen LogP contribution is 2.47. The molecule has 1 aromatic carbocycles. The van der Waals surface area contributed by atoms with E-state index in [1.807, 2.05) is 0 Å². The molecule has 2 saturated carbocycles. The SMILES string of the molecule is CCN1CCC2(CCC(Oc3ccc(C(=O)NS(=O)(=O)C4CC4)cc3)C2)CC1. The number of nitrogens with zero attached hydrogens (tertiary/aromatic N) is 1. The molecule has 1 unspecified atom stereocenters. The van der Waals surface area contributed by atoms with Crippen molar-refractivity contribution in [2.45, 2.75) is 63.2 Å². The van der Waals surface area contributed by atoms with Gasteiger partial charge in [0.25, 0.3) is 5.91 Å². The molecule has 1 N–H and O–H groups in total. The summed E-state index contributed by atoms with van der Waals surface area (Å²) >= 11 is 0. The lowest BCUT2D eigenvalue weighted by atomic mass is 9.77. The Balaban J connectivity index is 1.31. The zero-order chi connectivity index (χ0) is 19.8. The minimum absolute atomic E-state index is 0.225. The van der Waals surface area contributed by atoms with Crippen LogP contribution in [0.5, 0.6) is 5.75 Å². The molecule has 1 spiro atoms. The van der Waals surface area contributed by atoms with Crippen LogP contribution in [0.4, 0.5) is 0 Å². The van der Waals surface area contributed by atoms with E-state index in [1.54, 1.807) is 24.3 Å². The third-order valence-electron chi connectivity index (χ3n) is 6.64. The van der Waals surface area contributed by atoms with Crippen molar-refractivity contribution in [3.63, 3.8) is 0 Å². The van der Waals surface area contributed by atoms with E-state index in [-0.39, 0.29) is 6.10 Å². The van der Waals surface area contributed by atoms with E-state index in [4.69, 9.17) is 4.74 Å². The van der Waals surface area contributed by atoms with Crippen LogP contribution in [0, 0.1) is 5.41 Å². The Labute approximate surface area is 167 Å². The second-order valence-electron chi connectivity index (χ2n) is 8.62. The van der Waals surface area contributed by atoms with Gasteiger partial charge in [0.05, 0.1) is 11.4 Å². The zero-order valence-electron chi connectivity index (χ0n) is 16.5. The van der Waals surface area contributed by atoms with E-state index in [0.717, 1.165) is 25.1 Å². The summed E-state index contributed by atoms with van der Waals surface area (Å²) in [7, 11) is -3.52. The summed E-state index contributed by atoms with van der Waals surface area (Å²) in [4.78, 5) is 14.7. The van der Waals surface area contributed by atoms with Crippen molar-refractivity contribution in [1.82, 2.24) is 9.62 Å². The van der Waals surface area contributed by atoms with Gasteiger partial charge in [0.15, 0.2) is 0 Å². The van der Waals surface area contributed by atoms with Crippen LogP contribution in [0.2, 0.25) is 0 Å². The van der Waals surface area contributed by atoms with Crippen molar-refractivity contribution in [1.29, 1.82) is 0 Å². The molecule has 1 saturated heterocycles. The fourth-order valence-corrected chi connectivity index (χ4v) is 5.88. The normalized spacial score (nSPS) is 25.0. The van der Waals surface area contributed by atoms with Crippen LogP contribution >= 0.6 is 0 Å². The molecule has 0 aromatic heterocycles. The van der Waals surface area contributed by atoms with E-state index in [1.165, 1.54) is 32.4 Å². The predicted molar refractivity (Wildman–Crippen MR) is 108 cm³/mol. The number of benzene rings is 1. The van der Waals surface area contributed by atoms with Gasteiger partial charge in [-0.15, -0.1) is 0 Å². The number of sulfonamides is 1. The van der Waals surface area contributed by atoms with E-state index < -0.39 is 21.2 Å². The molecule has 4 rings (SSSR count). The van der Waals surface area contributed by atoms with Crippen LogP contribution in [0.3, 0.4) is 0 Å². The summed E-state index contributed by atoms with van der Waals surface area (Å²) in [6.07, 6.45) is 7.42. The summed E-state index contributed by atoms with van der Waals surface area (Å²) < 4.78 is 32.1. The highest BCUT2D eigenvalue weighted by Gasteiger charge is 2.42. The average Bonchev–Trinajstić information content (AvgIpc) is 3.48. The number of piperidine rings is 1. The van der Waals surface area contributed by atoms with Crippen LogP contribution < -0.4 is 9.46 Å². The molecule has 1 aliphatic heterocycles. The monoisotopic (exact) mass is 406 g/mol. The zero-order valence-corrected chi connectivity index (χ0v) is 17.3. The van der Waals surface area contributed by atoms with E-state index in [9.17, 15) is 13.2 Å². The van der Waals surface area contributed by atoms with E-state index in [0.29, 0.717) is 23.8 Å². The minimum atomic E-state index is -3.52. The van der Waals surface area contributed by atoms with Crippen LogP contribution in [0.15, 0.2) is 24.3 Å². The number of likely N-dealkylation sites (tertiary alicyclic amines) is 1. The smallest absolute Gasteiger partial charge is 0.264 e. The second kappa shape index (κ2) is 7.67. The Kier molecular flexibility index (Phi) is 5.40. The van der Waals surface area contributed by atoms with Gasteiger partial charge in [-0.2, -0.15) is 0 Å². The molecule has 3 aliphatic rings. The number of ether oxygens (including phenoxy) is 1. The third-order valence-corrected chi connectivity index (χ3v) is 8.46. The molecular formula is C21H30N2O4S.